The van der Waals surface area contributed by atoms with Crippen molar-refractivity contribution in [3.05, 3.63) is 36.9 Å². The van der Waals surface area contributed by atoms with Gasteiger partial charge in [-0.25, -0.2) is 32.9 Å². The smallest absolute Gasteiger partial charge is 0.324 e. The predicted molar refractivity (Wildman–Crippen MR) is 151 cm³/mol. The number of sulfonamides is 1. The highest BCUT2D eigenvalue weighted by atomic mass is 32.2. The van der Waals surface area contributed by atoms with Gasteiger partial charge in [-0.1, -0.05) is 25.8 Å². The van der Waals surface area contributed by atoms with E-state index < -0.39 is 51.9 Å². The molecule has 0 bridgehead atoms. The van der Waals surface area contributed by atoms with Crippen molar-refractivity contribution in [3.8, 4) is 0 Å². The Morgan fingerprint density at radius 1 is 1.14 bits per heavy atom. The minimum Gasteiger partial charge on any atom is -0.387 e. The molecule has 1 aliphatic carbocycles. The number of imidazole rings is 1. The average Bonchev–Trinajstić information content (AvgIpc) is 3.42. The molecule has 2 aliphatic rings. The minimum atomic E-state index is -3.74. The van der Waals surface area contributed by atoms with E-state index in [1.165, 1.54) is 30.9 Å². The number of carbonyl (C=O) groups excluding carboxylic acids is 2. The fourth-order valence-corrected chi connectivity index (χ4v) is 6.30. The van der Waals surface area contributed by atoms with Crippen molar-refractivity contribution in [2.45, 2.75) is 74.4 Å². The van der Waals surface area contributed by atoms with Crippen molar-refractivity contribution in [2.24, 2.45) is 0 Å². The molecular weight excluding hydrogens is 568 g/mol. The molecule has 6 N–H and O–H groups in total. The topological polar surface area (TPSA) is 210 Å². The van der Waals surface area contributed by atoms with Crippen LogP contribution in [0.15, 0.2) is 41.8 Å². The second-order valence-corrected chi connectivity index (χ2v) is 12.1. The first-order chi connectivity index (χ1) is 20.1. The van der Waals surface area contributed by atoms with Gasteiger partial charge in [-0.2, -0.15) is 0 Å². The number of rotatable bonds is 11. The maximum Gasteiger partial charge on any atom is 0.324 e. The van der Waals surface area contributed by atoms with E-state index in [1.807, 2.05) is 6.92 Å². The number of benzene rings is 1. The van der Waals surface area contributed by atoms with Gasteiger partial charge in [-0.3, -0.25) is 10.1 Å². The van der Waals surface area contributed by atoms with E-state index in [-0.39, 0.29) is 21.9 Å². The van der Waals surface area contributed by atoms with Crippen molar-refractivity contribution < 1.29 is 33.0 Å². The summed E-state index contributed by atoms with van der Waals surface area (Å²) in [4.78, 5) is 37.9. The van der Waals surface area contributed by atoms with Crippen LogP contribution in [0.25, 0.3) is 11.2 Å². The van der Waals surface area contributed by atoms with Crippen LogP contribution in [0.4, 0.5) is 16.3 Å². The number of ether oxygens (including phenoxy) is 1. The SMILES string of the molecule is CCCCCNS(=O)(=O)c1cccc(NC(=O)Nc2ncnc3c2ncn3C2CC23O[C@H](C(=O)NCC)C(O)C3O)c1. The lowest BCUT2D eigenvalue weighted by atomic mass is 10.1. The summed E-state index contributed by atoms with van der Waals surface area (Å²) in [6.07, 6.45) is 1.73. The Labute approximate surface area is 242 Å². The van der Waals surface area contributed by atoms with Crippen LogP contribution in [0.1, 0.15) is 45.6 Å². The molecule has 3 heterocycles. The number of anilines is 2. The van der Waals surface area contributed by atoms with E-state index in [0.29, 0.717) is 25.2 Å². The molecule has 3 amide bonds. The summed E-state index contributed by atoms with van der Waals surface area (Å²) in [5.74, 6) is -0.409. The number of aliphatic hydroxyl groups excluding tert-OH is 2. The van der Waals surface area contributed by atoms with Gasteiger partial charge in [0.2, 0.25) is 10.0 Å². The van der Waals surface area contributed by atoms with Crippen molar-refractivity contribution in [1.29, 1.82) is 0 Å². The number of nitrogens with zero attached hydrogens (tertiary/aromatic N) is 4. The van der Waals surface area contributed by atoms with Crippen molar-refractivity contribution in [2.75, 3.05) is 23.7 Å². The second-order valence-electron chi connectivity index (χ2n) is 10.3. The lowest BCUT2D eigenvalue weighted by Gasteiger charge is -2.15. The average molecular weight is 603 g/mol. The summed E-state index contributed by atoms with van der Waals surface area (Å²) in [7, 11) is -3.74. The Bertz CT molecular complexity index is 1580. The Morgan fingerprint density at radius 2 is 1.95 bits per heavy atom. The zero-order valence-corrected chi connectivity index (χ0v) is 24.0. The number of unbranched alkanes of at least 4 members (excludes halogenated alkanes) is 2. The van der Waals surface area contributed by atoms with Crippen LogP contribution >= 0.6 is 0 Å². The predicted octanol–water partition coefficient (Wildman–Crippen LogP) is 0.879. The molecule has 1 saturated carbocycles. The van der Waals surface area contributed by atoms with Crippen LogP contribution in [0, 0.1) is 0 Å². The van der Waals surface area contributed by atoms with Gasteiger partial charge >= 0.3 is 6.03 Å². The molecule has 2 fully saturated rings. The number of fused-ring (bicyclic) bond motifs is 1. The van der Waals surface area contributed by atoms with Gasteiger partial charge in [-0.15, -0.1) is 0 Å². The van der Waals surface area contributed by atoms with Crippen LogP contribution in [0.5, 0.6) is 0 Å². The fraction of sp³-hybridized carbons (Fsp3) is 0.500. The highest BCUT2D eigenvalue weighted by molar-refractivity contribution is 7.89. The van der Waals surface area contributed by atoms with Gasteiger partial charge in [0, 0.05) is 25.2 Å². The lowest BCUT2D eigenvalue weighted by Crippen LogP contribution is -2.42. The quantitative estimate of drug-likeness (QED) is 0.171. The van der Waals surface area contributed by atoms with Gasteiger partial charge < -0.3 is 30.2 Å². The van der Waals surface area contributed by atoms with Crippen LogP contribution in [0.2, 0.25) is 0 Å². The van der Waals surface area contributed by atoms with E-state index >= 15 is 0 Å². The van der Waals surface area contributed by atoms with Gasteiger partial charge in [0.05, 0.1) is 17.3 Å². The molecule has 16 heteroatoms. The molecule has 1 saturated heterocycles. The normalized spacial score (nSPS) is 25.0. The zero-order chi connectivity index (χ0) is 30.1. The van der Waals surface area contributed by atoms with Crippen molar-refractivity contribution >= 4 is 44.6 Å². The fourth-order valence-electron chi connectivity index (χ4n) is 5.18. The van der Waals surface area contributed by atoms with E-state index in [2.05, 4.69) is 35.6 Å². The molecular formula is C26H34N8O7S. The summed E-state index contributed by atoms with van der Waals surface area (Å²) >= 11 is 0. The first-order valence-corrected chi connectivity index (χ1v) is 15.3. The van der Waals surface area contributed by atoms with E-state index in [9.17, 15) is 28.2 Å². The maximum atomic E-state index is 12.8. The summed E-state index contributed by atoms with van der Waals surface area (Å²) in [5, 5.41) is 29.0. The van der Waals surface area contributed by atoms with Gasteiger partial charge in [0.1, 0.15) is 24.1 Å². The summed E-state index contributed by atoms with van der Waals surface area (Å²) in [5.41, 5.74) is -0.325. The Balaban J connectivity index is 1.27. The zero-order valence-electron chi connectivity index (χ0n) is 23.1. The number of nitrogens with one attached hydrogen (secondary N) is 4. The highest BCUT2D eigenvalue weighted by Gasteiger charge is 2.70. The van der Waals surface area contributed by atoms with Crippen LogP contribution in [-0.4, -0.2) is 87.1 Å². The lowest BCUT2D eigenvalue weighted by molar-refractivity contribution is -0.136. The first-order valence-electron chi connectivity index (χ1n) is 13.8. The summed E-state index contributed by atoms with van der Waals surface area (Å²) < 4.78 is 35.3. The molecule has 1 aromatic carbocycles. The Morgan fingerprint density at radius 3 is 2.71 bits per heavy atom. The van der Waals surface area contributed by atoms with E-state index in [0.717, 1.165) is 19.3 Å². The van der Waals surface area contributed by atoms with Gasteiger partial charge in [-0.05, 0) is 31.5 Å². The minimum absolute atomic E-state index is 0.0224. The summed E-state index contributed by atoms with van der Waals surface area (Å²) in [6, 6.07) is 4.73. The van der Waals surface area contributed by atoms with Crippen molar-refractivity contribution in [1.82, 2.24) is 29.6 Å². The molecule has 1 spiro atoms. The molecule has 1 aliphatic heterocycles. The second kappa shape index (κ2) is 11.9. The first kappa shape index (κ1) is 29.8. The molecule has 5 rings (SSSR count). The monoisotopic (exact) mass is 602 g/mol. The number of hydrogen-bond donors (Lipinski definition) is 6. The standard InChI is InChI=1S/C26H34N8O7S/c1-3-5-6-10-31-42(39,40)16-9-7-8-15(11-16)32-25(38)33-22-18-23(29-13-28-22)34(14-30-18)17-12-26(17)21(36)19(35)20(41-26)24(37)27-4-2/h7-9,11,13-14,17,19-21,31,35-36H,3-6,10,12H2,1-2H3,(H,27,37)(H2,28,29,32,33,38)/t17?,19?,20-,21?,26?/m0/s1. The largest absolute Gasteiger partial charge is 0.387 e. The molecule has 226 valence electrons. The number of amides is 3. The molecule has 42 heavy (non-hydrogen) atoms. The van der Waals surface area contributed by atoms with Gasteiger partial charge in [0.25, 0.3) is 5.91 Å². The van der Waals surface area contributed by atoms with Crippen LogP contribution in [0.3, 0.4) is 0 Å². The Hall–Kier alpha value is -3.70. The number of likely N-dealkylation sites (N-methyl/N-ethyl adjacent to an activating group) is 1. The molecule has 0 radical (unpaired) electrons. The van der Waals surface area contributed by atoms with E-state index in [4.69, 9.17) is 4.74 Å². The van der Waals surface area contributed by atoms with Crippen LogP contribution < -0.4 is 20.7 Å². The molecule has 5 atom stereocenters. The number of urea groups is 1. The highest BCUT2D eigenvalue weighted by Crippen LogP contribution is 2.58. The van der Waals surface area contributed by atoms with Crippen molar-refractivity contribution in [3.63, 3.8) is 0 Å². The maximum absolute atomic E-state index is 12.8. The molecule has 15 nitrogen and oxygen atoms in total. The number of hydrogen-bond acceptors (Lipinski definition) is 10. The third-order valence-corrected chi connectivity index (χ3v) is 8.87. The third kappa shape index (κ3) is 5.67. The molecule has 3 aromatic rings. The molecule has 4 unspecified atom stereocenters. The summed E-state index contributed by atoms with van der Waals surface area (Å²) in [6.45, 7) is 4.45. The number of carbonyl (C=O) groups is 2. The van der Waals surface area contributed by atoms with Gasteiger partial charge in [0.15, 0.2) is 23.1 Å². The van der Waals surface area contributed by atoms with E-state index in [1.54, 1.807) is 17.6 Å². The molecule has 2 aromatic heterocycles. The van der Waals surface area contributed by atoms with Crippen LogP contribution in [-0.2, 0) is 19.6 Å². The number of aromatic nitrogens is 4. The number of aliphatic hydroxyl groups is 2. The third-order valence-electron chi connectivity index (χ3n) is 7.41. The Kier molecular flexibility index (Phi) is 8.43.